The van der Waals surface area contributed by atoms with Gasteiger partial charge in [-0.25, -0.2) is 8.78 Å². The topological polar surface area (TPSA) is 29.1 Å². The fourth-order valence-corrected chi connectivity index (χ4v) is 3.13. The lowest BCUT2D eigenvalue weighted by atomic mass is 10.1. The first-order chi connectivity index (χ1) is 11.0. The number of benzene rings is 2. The molecule has 1 atom stereocenters. The molecule has 122 valence electrons. The predicted molar refractivity (Wildman–Crippen MR) is 90.3 cm³/mol. The lowest BCUT2D eigenvalue weighted by Crippen LogP contribution is -2.25. The molecule has 0 aliphatic heterocycles. The molecule has 2 rings (SSSR count). The lowest BCUT2D eigenvalue weighted by Gasteiger charge is -2.14. The average molecular weight is 335 g/mol. The number of aryl methyl sites for hydroxylation is 1. The van der Waals surface area contributed by atoms with Gasteiger partial charge in [-0.1, -0.05) is 30.3 Å². The molecule has 0 heterocycles. The number of rotatable bonds is 6. The number of halogens is 2. The van der Waals surface area contributed by atoms with E-state index in [9.17, 15) is 13.6 Å². The van der Waals surface area contributed by atoms with Crippen LogP contribution >= 0.6 is 11.8 Å². The summed E-state index contributed by atoms with van der Waals surface area (Å²) in [5, 5.41) is 2.40. The number of carbonyl (C=O) groups is 1. The first kappa shape index (κ1) is 17.5. The zero-order valence-corrected chi connectivity index (χ0v) is 13.9. The van der Waals surface area contributed by atoms with Crippen molar-refractivity contribution in [3.8, 4) is 0 Å². The molecule has 23 heavy (non-hydrogen) atoms. The van der Waals surface area contributed by atoms with E-state index in [1.54, 1.807) is 6.92 Å². The Morgan fingerprint density at radius 1 is 1.13 bits per heavy atom. The summed E-state index contributed by atoms with van der Waals surface area (Å²) in [5.74, 6) is -1.15. The molecule has 1 N–H and O–H groups in total. The van der Waals surface area contributed by atoms with Crippen LogP contribution in [0.3, 0.4) is 0 Å². The molecule has 1 unspecified atom stereocenters. The van der Waals surface area contributed by atoms with Crippen LogP contribution in [-0.2, 0) is 11.3 Å². The molecule has 1 amide bonds. The van der Waals surface area contributed by atoms with Gasteiger partial charge in [0.25, 0.3) is 0 Å². The molecule has 0 bridgehead atoms. The zero-order valence-electron chi connectivity index (χ0n) is 13.1. The van der Waals surface area contributed by atoms with Crippen LogP contribution in [0.2, 0.25) is 0 Å². The summed E-state index contributed by atoms with van der Waals surface area (Å²) in [4.78, 5) is 11.9. The third-order valence-electron chi connectivity index (χ3n) is 3.61. The maximum atomic E-state index is 13.7. The number of amides is 1. The molecule has 0 aliphatic rings. The Morgan fingerprint density at radius 2 is 1.78 bits per heavy atom. The monoisotopic (exact) mass is 335 g/mol. The molecule has 0 spiro atoms. The highest BCUT2D eigenvalue weighted by atomic mass is 32.2. The highest BCUT2D eigenvalue weighted by molar-refractivity contribution is 8.00. The van der Waals surface area contributed by atoms with Gasteiger partial charge in [-0.3, -0.25) is 4.79 Å². The van der Waals surface area contributed by atoms with E-state index in [2.05, 4.69) is 5.32 Å². The van der Waals surface area contributed by atoms with Crippen molar-refractivity contribution >= 4 is 17.7 Å². The molecule has 0 saturated heterocycles. The summed E-state index contributed by atoms with van der Waals surface area (Å²) >= 11 is 1.21. The van der Waals surface area contributed by atoms with Crippen molar-refractivity contribution in [2.24, 2.45) is 0 Å². The van der Waals surface area contributed by atoms with E-state index in [0.717, 1.165) is 11.1 Å². The van der Waals surface area contributed by atoms with E-state index in [-0.39, 0.29) is 17.2 Å². The minimum absolute atomic E-state index is 0.0178. The van der Waals surface area contributed by atoms with Crippen LogP contribution in [0.15, 0.2) is 42.5 Å². The minimum Gasteiger partial charge on any atom is -0.351 e. The summed E-state index contributed by atoms with van der Waals surface area (Å²) in [6, 6.07) is 11.6. The van der Waals surface area contributed by atoms with Crippen molar-refractivity contribution in [2.45, 2.75) is 25.6 Å². The standard InChI is InChI=1S/C18H19F2NOS/c1-12-6-3-4-7-14(12)10-21-17(22)11-23-13(2)18-15(19)8-5-9-16(18)20/h3-9,13H,10-11H2,1-2H3,(H,21,22). The number of carbonyl (C=O) groups excluding carboxylic acids is 1. The number of hydrogen-bond donors (Lipinski definition) is 1. The van der Waals surface area contributed by atoms with Crippen LogP contribution < -0.4 is 5.32 Å². The summed E-state index contributed by atoms with van der Waals surface area (Å²) in [6.45, 7) is 4.13. The second kappa shape index (κ2) is 8.11. The van der Waals surface area contributed by atoms with Gasteiger partial charge in [-0.05, 0) is 37.1 Å². The van der Waals surface area contributed by atoms with Crippen LogP contribution in [0.5, 0.6) is 0 Å². The first-order valence-corrected chi connectivity index (χ1v) is 8.40. The van der Waals surface area contributed by atoms with E-state index in [0.29, 0.717) is 6.54 Å². The highest BCUT2D eigenvalue weighted by Gasteiger charge is 2.17. The molecule has 0 saturated carbocycles. The third-order valence-corrected chi connectivity index (χ3v) is 4.77. The van der Waals surface area contributed by atoms with Gasteiger partial charge in [-0.2, -0.15) is 0 Å². The quantitative estimate of drug-likeness (QED) is 0.848. The van der Waals surface area contributed by atoms with Crippen LogP contribution in [-0.4, -0.2) is 11.7 Å². The van der Waals surface area contributed by atoms with Crippen molar-refractivity contribution < 1.29 is 13.6 Å². The predicted octanol–water partition coefficient (Wildman–Crippen LogP) is 4.38. The SMILES string of the molecule is Cc1ccccc1CNC(=O)CSC(C)c1c(F)cccc1F. The van der Waals surface area contributed by atoms with Gasteiger partial charge in [0.05, 0.1) is 5.75 Å². The molecular formula is C18H19F2NOS. The molecule has 0 aliphatic carbocycles. The summed E-state index contributed by atoms with van der Waals surface area (Å²) in [5.41, 5.74) is 2.19. The zero-order chi connectivity index (χ0) is 16.8. The normalized spacial score (nSPS) is 12.0. The van der Waals surface area contributed by atoms with Crippen molar-refractivity contribution in [1.82, 2.24) is 5.32 Å². The van der Waals surface area contributed by atoms with Crippen LogP contribution in [0, 0.1) is 18.6 Å². The molecule has 2 nitrogen and oxygen atoms in total. The number of thioether (sulfide) groups is 1. The summed E-state index contributed by atoms with van der Waals surface area (Å²) < 4.78 is 27.4. The van der Waals surface area contributed by atoms with E-state index in [1.807, 2.05) is 31.2 Å². The first-order valence-electron chi connectivity index (χ1n) is 7.35. The third kappa shape index (κ3) is 4.79. The molecule has 2 aromatic rings. The maximum absolute atomic E-state index is 13.7. The van der Waals surface area contributed by atoms with Crippen LogP contribution in [0.25, 0.3) is 0 Å². The van der Waals surface area contributed by atoms with Gasteiger partial charge < -0.3 is 5.32 Å². The summed E-state index contributed by atoms with van der Waals surface area (Å²) in [7, 11) is 0. The Bertz CT molecular complexity index is 670. The molecule has 0 radical (unpaired) electrons. The van der Waals surface area contributed by atoms with Gasteiger partial charge in [0.2, 0.25) is 5.91 Å². The van der Waals surface area contributed by atoms with E-state index < -0.39 is 16.9 Å². The fourth-order valence-electron chi connectivity index (χ4n) is 2.24. The molecule has 0 fully saturated rings. The minimum atomic E-state index is -0.578. The fraction of sp³-hybridized carbons (Fsp3) is 0.278. The largest absolute Gasteiger partial charge is 0.351 e. The number of nitrogens with one attached hydrogen (secondary N) is 1. The van der Waals surface area contributed by atoms with Crippen molar-refractivity contribution in [2.75, 3.05) is 5.75 Å². The van der Waals surface area contributed by atoms with Crippen molar-refractivity contribution in [3.63, 3.8) is 0 Å². The van der Waals surface area contributed by atoms with Gasteiger partial charge in [0.1, 0.15) is 11.6 Å². The molecular weight excluding hydrogens is 316 g/mol. The Labute approximate surface area is 139 Å². The highest BCUT2D eigenvalue weighted by Crippen LogP contribution is 2.31. The van der Waals surface area contributed by atoms with Crippen LogP contribution in [0.4, 0.5) is 8.78 Å². The molecule has 2 aromatic carbocycles. The van der Waals surface area contributed by atoms with Crippen molar-refractivity contribution in [1.29, 1.82) is 0 Å². The smallest absolute Gasteiger partial charge is 0.230 e. The van der Waals surface area contributed by atoms with E-state index in [1.165, 1.54) is 30.0 Å². The van der Waals surface area contributed by atoms with Crippen molar-refractivity contribution in [3.05, 3.63) is 70.8 Å². The average Bonchev–Trinajstić information content (AvgIpc) is 2.52. The Kier molecular flexibility index (Phi) is 6.16. The number of hydrogen-bond acceptors (Lipinski definition) is 2. The van der Waals surface area contributed by atoms with Crippen LogP contribution in [0.1, 0.15) is 28.9 Å². The van der Waals surface area contributed by atoms with Gasteiger partial charge >= 0.3 is 0 Å². The Hall–Kier alpha value is -1.88. The van der Waals surface area contributed by atoms with Gasteiger partial charge in [-0.15, -0.1) is 11.8 Å². The maximum Gasteiger partial charge on any atom is 0.230 e. The molecule has 5 heteroatoms. The van der Waals surface area contributed by atoms with Gasteiger partial charge in [0, 0.05) is 17.4 Å². The van der Waals surface area contributed by atoms with E-state index in [4.69, 9.17) is 0 Å². The van der Waals surface area contributed by atoms with E-state index >= 15 is 0 Å². The Morgan fingerprint density at radius 3 is 2.43 bits per heavy atom. The lowest BCUT2D eigenvalue weighted by molar-refractivity contribution is -0.118. The van der Waals surface area contributed by atoms with Gasteiger partial charge in [0.15, 0.2) is 0 Å². The summed E-state index contributed by atoms with van der Waals surface area (Å²) in [6.07, 6.45) is 0. The second-order valence-corrected chi connectivity index (χ2v) is 6.62. The second-order valence-electron chi connectivity index (χ2n) is 5.29. The molecule has 0 aromatic heterocycles. The Balaban J connectivity index is 1.86.